The van der Waals surface area contributed by atoms with Gasteiger partial charge in [-0.2, -0.15) is 0 Å². The van der Waals surface area contributed by atoms with Crippen LogP contribution in [-0.4, -0.2) is 31.0 Å². The van der Waals surface area contributed by atoms with Gasteiger partial charge in [-0.25, -0.2) is 8.42 Å². The number of carbonyl (C=O) groups is 1. The van der Waals surface area contributed by atoms with Crippen molar-refractivity contribution in [3.8, 4) is 0 Å². The molecule has 1 aromatic rings. The van der Waals surface area contributed by atoms with Gasteiger partial charge in [0.2, 0.25) is 0 Å². The molecule has 1 N–H and O–H groups in total. The van der Waals surface area contributed by atoms with Gasteiger partial charge in [0.05, 0.1) is 0 Å². The first-order valence-electron chi connectivity index (χ1n) is 4.50. The maximum Gasteiger partial charge on any atom is 0.326 e. The molecule has 0 saturated heterocycles. The van der Waals surface area contributed by atoms with Crippen LogP contribution < -0.4 is 0 Å². The highest BCUT2D eigenvalue weighted by Crippen LogP contribution is 2.21. The van der Waals surface area contributed by atoms with Crippen molar-refractivity contribution in [3.05, 3.63) is 42.5 Å². The van der Waals surface area contributed by atoms with E-state index in [0.29, 0.717) is 5.56 Å². The van der Waals surface area contributed by atoms with Crippen molar-refractivity contribution in [2.24, 2.45) is 0 Å². The van der Waals surface area contributed by atoms with Crippen LogP contribution in [0.4, 0.5) is 0 Å². The minimum atomic E-state index is -3.71. The molecule has 0 heterocycles. The summed E-state index contributed by atoms with van der Waals surface area (Å²) in [6, 6.07) is 8.41. The molecule has 16 heavy (non-hydrogen) atoms. The van der Waals surface area contributed by atoms with E-state index >= 15 is 0 Å². The van der Waals surface area contributed by atoms with Crippen molar-refractivity contribution < 1.29 is 18.3 Å². The maximum absolute atomic E-state index is 11.3. The molecule has 86 valence electrons. The molecule has 0 aliphatic heterocycles. The Hall–Kier alpha value is -1.62. The number of benzene rings is 1. The molecule has 0 bridgehead atoms. The first kappa shape index (κ1) is 12.4. The minimum Gasteiger partial charge on any atom is -0.480 e. The minimum absolute atomic E-state index is 0.0793. The molecular weight excluding hydrogens is 228 g/mol. The summed E-state index contributed by atoms with van der Waals surface area (Å²) in [5.74, 6) is -1.41. The Balaban J connectivity index is 3.18. The summed E-state index contributed by atoms with van der Waals surface area (Å²) in [6.45, 7) is 3.55. The fourth-order valence-corrected chi connectivity index (χ4v) is 2.41. The largest absolute Gasteiger partial charge is 0.480 e. The van der Waals surface area contributed by atoms with Gasteiger partial charge in [-0.3, -0.25) is 4.79 Å². The van der Waals surface area contributed by atoms with Crippen LogP contribution in [0.3, 0.4) is 0 Å². The molecule has 0 aliphatic rings. The molecule has 1 rings (SSSR count). The SMILES string of the molecule is C=C(c1ccccc1)[C@@H](C(=O)O)S(C)(=O)=O. The van der Waals surface area contributed by atoms with Crippen LogP contribution in [0, 0.1) is 0 Å². The van der Waals surface area contributed by atoms with Crippen LogP contribution in [0.5, 0.6) is 0 Å². The zero-order valence-electron chi connectivity index (χ0n) is 8.75. The molecule has 0 aromatic heterocycles. The standard InChI is InChI=1S/C11H12O4S/c1-8(9-6-4-3-5-7-9)10(11(12)13)16(2,14)15/h3-7,10H,1H2,2H3,(H,12,13)/t10-/m0/s1. The fourth-order valence-electron chi connectivity index (χ4n) is 1.39. The van der Waals surface area contributed by atoms with Gasteiger partial charge in [0, 0.05) is 6.26 Å². The smallest absolute Gasteiger partial charge is 0.326 e. The molecule has 0 radical (unpaired) electrons. The Bertz CT molecular complexity index is 502. The average molecular weight is 240 g/mol. The van der Waals surface area contributed by atoms with Gasteiger partial charge in [-0.1, -0.05) is 36.9 Å². The van der Waals surface area contributed by atoms with Crippen molar-refractivity contribution in [2.45, 2.75) is 5.25 Å². The summed E-state index contributed by atoms with van der Waals surface area (Å²) in [5.41, 5.74) is 0.593. The first-order valence-corrected chi connectivity index (χ1v) is 6.45. The molecule has 0 unspecified atom stereocenters. The van der Waals surface area contributed by atoms with E-state index in [9.17, 15) is 13.2 Å². The first-order chi connectivity index (χ1) is 7.34. The Morgan fingerprint density at radius 3 is 2.19 bits per heavy atom. The Morgan fingerprint density at radius 1 is 1.31 bits per heavy atom. The van der Waals surface area contributed by atoms with E-state index in [1.807, 2.05) is 0 Å². The van der Waals surface area contributed by atoms with E-state index in [1.54, 1.807) is 30.3 Å². The topological polar surface area (TPSA) is 71.4 Å². The Morgan fingerprint density at radius 2 is 1.81 bits per heavy atom. The molecule has 4 nitrogen and oxygen atoms in total. The number of rotatable bonds is 4. The second-order valence-corrected chi connectivity index (χ2v) is 5.57. The number of aliphatic carboxylic acids is 1. The second kappa shape index (κ2) is 4.49. The van der Waals surface area contributed by atoms with Crippen LogP contribution in [0.15, 0.2) is 36.9 Å². The number of sulfone groups is 1. The monoisotopic (exact) mass is 240 g/mol. The highest BCUT2D eigenvalue weighted by Gasteiger charge is 2.31. The van der Waals surface area contributed by atoms with Gasteiger partial charge in [-0.15, -0.1) is 0 Å². The third kappa shape index (κ3) is 2.70. The molecule has 0 amide bonds. The van der Waals surface area contributed by atoms with Crippen molar-refractivity contribution >= 4 is 21.4 Å². The summed E-state index contributed by atoms with van der Waals surface area (Å²) in [5, 5.41) is 7.31. The summed E-state index contributed by atoms with van der Waals surface area (Å²) < 4.78 is 22.7. The molecule has 0 saturated carbocycles. The zero-order valence-corrected chi connectivity index (χ0v) is 9.57. The molecular formula is C11H12O4S. The lowest BCUT2D eigenvalue weighted by Gasteiger charge is -2.13. The van der Waals surface area contributed by atoms with E-state index in [2.05, 4.69) is 6.58 Å². The number of hydrogen-bond acceptors (Lipinski definition) is 3. The third-order valence-electron chi connectivity index (χ3n) is 2.11. The van der Waals surface area contributed by atoms with Gasteiger partial charge in [0.15, 0.2) is 15.1 Å². The van der Waals surface area contributed by atoms with Crippen molar-refractivity contribution in [1.29, 1.82) is 0 Å². The van der Waals surface area contributed by atoms with Crippen molar-refractivity contribution in [1.82, 2.24) is 0 Å². The van der Waals surface area contributed by atoms with E-state index < -0.39 is 21.1 Å². The number of hydrogen-bond donors (Lipinski definition) is 1. The Kier molecular flexibility index (Phi) is 3.49. The summed E-state index contributed by atoms with van der Waals surface area (Å²) in [4.78, 5) is 10.9. The highest BCUT2D eigenvalue weighted by molar-refractivity contribution is 7.92. The van der Waals surface area contributed by atoms with Gasteiger partial charge in [0.1, 0.15) is 0 Å². The zero-order chi connectivity index (χ0) is 12.3. The molecule has 1 aromatic carbocycles. The van der Waals surface area contributed by atoms with Gasteiger partial charge < -0.3 is 5.11 Å². The number of carboxylic acids is 1. The quantitative estimate of drug-likeness (QED) is 0.858. The highest BCUT2D eigenvalue weighted by atomic mass is 32.2. The van der Waals surface area contributed by atoms with E-state index in [4.69, 9.17) is 5.11 Å². The van der Waals surface area contributed by atoms with Crippen molar-refractivity contribution in [3.63, 3.8) is 0 Å². The van der Waals surface area contributed by atoms with E-state index in [1.165, 1.54) is 0 Å². The molecule has 0 aliphatic carbocycles. The predicted octanol–water partition coefficient (Wildman–Crippen LogP) is 1.20. The molecule has 0 spiro atoms. The molecule has 0 fully saturated rings. The van der Waals surface area contributed by atoms with Gasteiger partial charge in [0.25, 0.3) is 0 Å². The molecule has 5 heteroatoms. The van der Waals surface area contributed by atoms with Crippen LogP contribution in [0.25, 0.3) is 5.57 Å². The lowest BCUT2D eigenvalue weighted by molar-refractivity contribution is -0.135. The summed E-state index contributed by atoms with van der Waals surface area (Å²) >= 11 is 0. The summed E-state index contributed by atoms with van der Waals surface area (Å²) in [6.07, 6.45) is 0.889. The normalized spacial score (nSPS) is 13.1. The van der Waals surface area contributed by atoms with Crippen LogP contribution in [0.2, 0.25) is 0 Å². The lowest BCUT2D eigenvalue weighted by atomic mass is 10.0. The molecule has 1 atom stereocenters. The van der Waals surface area contributed by atoms with Crippen LogP contribution in [-0.2, 0) is 14.6 Å². The summed E-state index contributed by atoms with van der Waals surface area (Å²) in [7, 11) is -3.71. The average Bonchev–Trinajstić information content (AvgIpc) is 2.16. The van der Waals surface area contributed by atoms with Gasteiger partial charge >= 0.3 is 5.97 Å². The predicted molar refractivity (Wildman–Crippen MR) is 61.7 cm³/mol. The van der Waals surface area contributed by atoms with Crippen LogP contribution >= 0.6 is 0 Å². The Labute approximate surface area is 94.1 Å². The maximum atomic E-state index is 11.3. The third-order valence-corrected chi connectivity index (χ3v) is 3.46. The van der Waals surface area contributed by atoms with Gasteiger partial charge in [-0.05, 0) is 11.1 Å². The number of carboxylic acid groups (broad SMARTS) is 1. The lowest BCUT2D eigenvalue weighted by Crippen LogP contribution is -2.30. The van der Waals surface area contributed by atoms with Crippen LogP contribution in [0.1, 0.15) is 5.56 Å². The van der Waals surface area contributed by atoms with E-state index in [-0.39, 0.29) is 5.57 Å². The second-order valence-electron chi connectivity index (χ2n) is 3.44. The fraction of sp³-hybridized carbons (Fsp3) is 0.182. The van der Waals surface area contributed by atoms with E-state index in [0.717, 1.165) is 6.26 Å². The van der Waals surface area contributed by atoms with Crippen molar-refractivity contribution in [2.75, 3.05) is 6.26 Å².